The fraction of sp³-hybridized carbons (Fsp3) is 0.346. The predicted molar refractivity (Wildman–Crippen MR) is 129 cm³/mol. The van der Waals surface area contributed by atoms with Crippen LogP contribution in [0.1, 0.15) is 27.6 Å². The molecule has 1 N–H and O–H groups in total. The molecule has 32 heavy (non-hydrogen) atoms. The van der Waals surface area contributed by atoms with Gasteiger partial charge in [0.2, 0.25) is 5.91 Å². The number of rotatable bonds is 6. The first kappa shape index (κ1) is 21.3. The predicted octanol–water partition coefficient (Wildman–Crippen LogP) is 4.17. The number of amides is 1. The molecule has 0 bridgehead atoms. The average molecular weight is 448 g/mol. The Morgan fingerprint density at radius 1 is 1.00 bits per heavy atom. The molecule has 1 amide bonds. The van der Waals surface area contributed by atoms with E-state index in [9.17, 15) is 4.79 Å². The fourth-order valence-electron chi connectivity index (χ4n) is 4.66. The molecule has 166 valence electrons. The molecule has 0 spiro atoms. The topological polar surface area (TPSA) is 44.8 Å². The number of hydrogen-bond acceptors (Lipinski definition) is 5. The van der Waals surface area contributed by atoms with Crippen LogP contribution in [0.4, 0.5) is 5.69 Å². The van der Waals surface area contributed by atoms with Crippen molar-refractivity contribution in [3.8, 4) is 0 Å². The number of nitrogens with zero attached hydrogens (tertiary/aromatic N) is 2. The Morgan fingerprint density at radius 3 is 2.56 bits per heavy atom. The molecule has 0 radical (unpaired) electrons. The van der Waals surface area contributed by atoms with E-state index in [1.54, 1.807) is 0 Å². The van der Waals surface area contributed by atoms with Crippen LogP contribution in [0.2, 0.25) is 0 Å². The summed E-state index contributed by atoms with van der Waals surface area (Å²) >= 11 is 1.82. The summed E-state index contributed by atoms with van der Waals surface area (Å²) in [6.07, 6.45) is 1.000. The van der Waals surface area contributed by atoms with Crippen LogP contribution in [0.15, 0.2) is 66.0 Å². The molecule has 5 rings (SSSR count). The number of carbonyl (C=O) groups excluding carboxylic acids is 1. The van der Waals surface area contributed by atoms with Gasteiger partial charge in [0, 0.05) is 36.7 Å². The zero-order valence-corrected chi connectivity index (χ0v) is 19.0. The van der Waals surface area contributed by atoms with Crippen LogP contribution >= 0.6 is 11.3 Å². The van der Waals surface area contributed by atoms with Crippen molar-refractivity contribution < 1.29 is 9.53 Å². The van der Waals surface area contributed by atoms with Gasteiger partial charge in [0.15, 0.2) is 0 Å². The van der Waals surface area contributed by atoms with Crippen molar-refractivity contribution in [2.45, 2.75) is 19.0 Å². The van der Waals surface area contributed by atoms with Gasteiger partial charge in [-0.15, -0.1) is 11.3 Å². The van der Waals surface area contributed by atoms with Crippen LogP contribution in [-0.2, 0) is 22.5 Å². The first-order chi connectivity index (χ1) is 15.8. The molecule has 2 aliphatic heterocycles. The molecule has 6 heteroatoms. The molecular weight excluding hydrogens is 418 g/mol. The lowest BCUT2D eigenvalue weighted by Gasteiger charge is -2.35. The van der Waals surface area contributed by atoms with Crippen molar-refractivity contribution in [2.75, 3.05) is 44.7 Å². The molecule has 1 aromatic heterocycles. The number of benzene rings is 2. The highest BCUT2D eigenvalue weighted by molar-refractivity contribution is 7.10. The zero-order chi connectivity index (χ0) is 21.8. The van der Waals surface area contributed by atoms with Gasteiger partial charge in [0.1, 0.15) is 0 Å². The summed E-state index contributed by atoms with van der Waals surface area (Å²) in [6.45, 7) is 5.75. The van der Waals surface area contributed by atoms with E-state index in [-0.39, 0.29) is 11.9 Å². The van der Waals surface area contributed by atoms with Crippen molar-refractivity contribution in [3.63, 3.8) is 0 Å². The maximum atomic E-state index is 12.9. The van der Waals surface area contributed by atoms with E-state index in [0.717, 1.165) is 51.5 Å². The summed E-state index contributed by atoms with van der Waals surface area (Å²) in [7, 11) is 0. The third kappa shape index (κ3) is 4.94. The molecular formula is C26H29N3O2S. The van der Waals surface area contributed by atoms with Crippen LogP contribution in [0.3, 0.4) is 0 Å². The van der Waals surface area contributed by atoms with Crippen molar-refractivity contribution in [1.82, 2.24) is 9.80 Å². The SMILES string of the molecule is O=C(CN1CCc2sccc2C1c1ccccc1)Nc1ccc(CN2CCOCC2)cc1. The van der Waals surface area contributed by atoms with Gasteiger partial charge in [-0.1, -0.05) is 42.5 Å². The van der Waals surface area contributed by atoms with Crippen LogP contribution in [0.25, 0.3) is 0 Å². The van der Waals surface area contributed by atoms with Crippen molar-refractivity contribution in [2.24, 2.45) is 0 Å². The minimum atomic E-state index is 0.0329. The van der Waals surface area contributed by atoms with Crippen LogP contribution in [0, 0.1) is 0 Å². The summed E-state index contributed by atoms with van der Waals surface area (Å²) in [4.78, 5) is 19.1. The molecule has 2 aromatic carbocycles. The second-order valence-electron chi connectivity index (χ2n) is 8.47. The molecule has 0 aliphatic carbocycles. The Balaban J connectivity index is 1.23. The monoisotopic (exact) mass is 447 g/mol. The summed E-state index contributed by atoms with van der Waals surface area (Å²) < 4.78 is 5.42. The third-order valence-corrected chi connectivity index (χ3v) is 7.27. The Kier molecular flexibility index (Phi) is 6.64. The number of anilines is 1. The molecule has 1 unspecified atom stereocenters. The lowest BCUT2D eigenvalue weighted by molar-refractivity contribution is -0.117. The van der Waals surface area contributed by atoms with Crippen LogP contribution in [-0.4, -0.2) is 55.1 Å². The number of thiophene rings is 1. The molecule has 0 saturated carbocycles. The van der Waals surface area contributed by atoms with E-state index in [4.69, 9.17) is 4.74 Å². The number of fused-ring (bicyclic) bond motifs is 1. The van der Waals surface area contributed by atoms with Gasteiger partial charge in [-0.25, -0.2) is 0 Å². The Bertz CT molecular complexity index is 1030. The highest BCUT2D eigenvalue weighted by Crippen LogP contribution is 2.37. The highest BCUT2D eigenvalue weighted by Gasteiger charge is 2.30. The normalized spacial score (nSPS) is 19.4. The average Bonchev–Trinajstić information content (AvgIpc) is 3.30. The fourth-order valence-corrected chi connectivity index (χ4v) is 5.56. The first-order valence-corrected chi connectivity index (χ1v) is 12.2. The molecule has 5 nitrogen and oxygen atoms in total. The lowest BCUT2D eigenvalue weighted by atomic mass is 9.93. The van der Waals surface area contributed by atoms with Crippen molar-refractivity contribution in [1.29, 1.82) is 0 Å². The van der Waals surface area contributed by atoms with Gasteiger partial charge in [-0.05, 0) is 46.7 Å². The summed E-state index contributed by atoms with van der Waals surface area (Å²) in [6, 6.07) is 21.1. The molecule has 3 aromatic rings. The van der Waals surface area contributed by atoms with Gasteiger partial charge in [-0.2, -0.15) is 0 Å². The third-order valence-electron chi connectivity index (χ3n) is 6.28. The van der Waals surface area contributed by atoms with E-state index in [2.05, 4.69) is 63.0 Å². The van der Waals surface area contributed by atoms with E-state index < -0.39 is 0 Å². The Labute approximate surface area is 193 Å². The highest BCUT2D eigenvalue weighted by atomic mass is 32.1. The molecule has 1 fully saturated rings. The maximum absolute atomic E-state index is 12.9. The smallest absolute Gasteiger partial charge is 0.238 e. The maximum Gasteiger partial charge on any atom is 0.238 e. The largest absolute Gasteiger partial charge is 0.379 e. The van der Waals surface area contributed by atoms with E-state index in [0.29, 0.717) is 6.54 Å². The second-order valence-corrected chi connectivity index (χ2v) is 9.47. The van der Waals surface area contributed by atoms with Crippen LogP contribution in [0.5, 0.6) is 0 Å². The standard InChI is InChI=1S/C26H29N3O2S/c30-25(27-22-8-6-20(7-9-22)18-28-13-15-31-16-14-28)19-29-12-10-24-23(11-17-32-24)26(29)21-4-2-1-3-5-21/h1-9,11,17,26H,10,12-16,18-19H2,(H,27,30). The van der Waals surface area contributed by atoms with E-state index in [1.165, 1.54) is 21.6 Å². The summed E-state index contributed by atoms with van der Waals surface area (Å²) in [5.41, 5.74) is 4.69. The number of morpholine rings is 1. The number of ether oxygens (including phenoxy) is 1. The van der Waals surface area contributed by atoms with Gasteiger partial charge in [0.25, 0.3) is 0 Å². The summed E-state index contributed by atoms with van der Waals surface area (Å²) in [5.74, 6) is 0.0329. The number of nitrogens with one attached hydrogen (secondary N) is 1. The molecule has 1 atom stereocenters. The van der Waals surface area contributed by atoms with Crippen LogP contribution < -0.4 is 5.32 Å². The molecule has 1 saturated heterocycles. The van der Waals surface area contributed by atoms with E-state index >= 15 is 0 Å². The lowest BCUT2D eigenvalue weighted by Crippen LogP contribution is -2.40. The van der Waals surface area contributed by atoms with Crippen molar-refractivity contribution >= 4 is 22.9 Å². The van der Waals surface area contributed by atoms with Gasteiger partial charge < -0.3 is 10.1 Å². The Morgan fingerprint density at radius 2 is 1.78 bits per heavy atom. The zero-order valence-electron chi connectivity index (χ0n) is 18.2. The number of hydrogen-bond donors (Lipinski definition) is 1. The number of carbonyl (C=O) groups is 1. The quantitative estimate of drug-likeness (QED) is 0.616. The van der Waals surface area contributed by atoms with Gasteiger partial charge in [-0.3, -0.25) is 14.6 Å². The summed E-state index contributed by atoms with van der Waals surface area (Å²) in [5, 5.41) is 5.27. The Hall–Kier alpha value is -2.51. The minimum Gasteiger partial charge on any atom is -0.379 e. The molecule has 2 aliphatic rings. The van der Waals surface area contributed by atoms with Gasteiger partial charge in [0.05, 0.1) is 25.8 Å². The van der Waals surface area contributed by atoms with E-state index in [1.807, 2.05) is 29.5 Å². The molecule has 3 heterocycles. The second kappa shape index (κ2) is 9.96. The minimum absolute atomic E-state index is 0.0329. The van der Waals surface area contributed by atoms with Crippen molar-refractivity contribution in [3.05, 3.63) is 87.6 Å². The first-order valence-electron chi connectivity index (χ1n) is 11.3. The van der Waals surface area contributed by atoms with Gasteiger partial charge >= 0.3 is 0 Å².